The fourth-order valence-electron chi connectivity index (χ4n) is 2.57. The van der Waals surface area contributed by atoms with Crippen LogP contribution in [0.5, 0.6) is 0 Å². The molecule has 2 heterocycles. The average molecular weight is 342 g/mol. The number of aliphatic hydroxyl groups excluding tert-OH is 8. The third-order valence-corrected chi connectivity index (χ3v) is 3.98. The SMILES string of the molecule is OCC1O[C@@H](O)[C@H](O)[C@@H](O)[C@@H]1O[C@@H]1O[C@H](CO)[C@H](O)[C@H](O)[C@H]1O. The summed E-state index contributed by atoms with van der Waals surface area (Å²) in [5.74, 6) is 0. The number of rotatable bonds is 4. The van der Waals surface area contributed by atoms with E-state index in [9.17, 15) is 35.7 Å². The van der Waals surface area contributed by atoms with Gasteiger partial charge in [-0.2, -0.15) is 0 Å². The quantitative estimate of drug-likeness (QED) is 0.243. The van der Waals surface area contributed by atoms with Crippen molar-refractivity contribution in [2.24, 2.45) is 0 Å². The molecule has 0 bridgehead atoms. The molecule has 2 aliphatic heterocycles. The van der Waals surface area contributed by atoms with E-state index < -0.39 is 74.6 Å². The van der Waals surface area contributed by atoms with Crippen LogP contribution >= 0.6 is 0 Å². The third kappa shape index (κ3) is 3.65. The van der Waals surface area contributed by atoms with Gasteiger partial charge in [-0.3, -0.25) is 0 Å². The van der Waals surface area contributed by atoms with Gasteiger partial charge in [-0.1, -0.05) is 0 Å². The summed E-state index contributed by atoms with van der Waals surface area (Å²) in [6.45, 7) is -1.35. The molecule has 10 atom stereocenters. The maximum atomic E-state index is 9.94. The first-order chi connectivity index (χ1) is 10.8. The lowest BCUT2D eigenvalue weighted by molar-refractivity contribution is -0.355. The van der Waals surface area contributed by atoms with Gasteiger partial charge in [0.2, 0.25) is 0 Å². The van der Waals surface area contributed by atoms with Gasteiger partial charge in [-0.25, -0.2) is 0 Å². The Hall–Kier alpha value is -0.440. The minimum Gasteiger partial charge on any atom is -0.394 e. The van der Waals surface area contributed by atoms with Crippen LogP contribution < -0.4 is 0 Å². The van der Waals surface area contributed by atoms with Crippen LogP contribution in [0.25, 0.3) is 0 Å². The summed E-state index contributed by atoms with van der Waals surface area (Å²) in [5, 5.41) is 76.5. The van der Waals surface area contributed by atoms with Crippen molar-refractivity contribution in [2.75, 3.05) is 13.2 Å². The first-order valence-corrected chi connectivity index (χ1v) is 7.08. The summed E-state index contributed by atoms with van der Waals surface area (Å²) in [5.41, 5.74) is 0. The van der Waals surface area contributed by atoms with Gasteiger partial charge in [-0.05, 0) is 0 Å². The van der Waals surface area contributed by atoms with E-state index in [-0.39, 0.29) is 0 Å². The minimum atomic E-state index is -1.74. The van der Waals surface area contributed by atoms with Gasteiger partial charge in [0.05, 0.1) is 13.2 Å². The Balaban J connectivity index is 2.11. The molecule has 23 heavy (non-hydrogen) atoms. The molecule has 0 radical (unpaired) electrons. The van der Waals surface area contributed by atoms with E-state index >= 15 is 0 Å². The lowest BCUT2D eigenvalue weighted by Crippen LogP contribution is -2.64. The van der Waals surface area contributed by atoms with Crippen LogP contribution in [0.3, 0.4) is 0 Å². The van der Waals surface area contributed by atoms with Crippen LogP contribution in [0.15, 0.2) is 0 Å². The second-order valence-corrected chi connectivity index (χ2v) is 5.53. The Morgan fingerprint density at radius 3 is 1.83 bits per heavy atom. The highest BCUT2D eigenvalue weighted by Crippen LogP contribution is 2.28. The third-order valence-electron chi connectivity index (χ3n) is 3.98. The maximum Gasteiger partial charge on any atom is 0.187 e. The second-order valence-electron chi connectivity index (χ2n) is 5.53. The maximum absolute atomic E-state index is 9.94. The van der Waals surface area contributed by atoms with Crippen molar-refractivity contribution in [3.05, 3.63) is 0 Å². The largest absolute Gasteiger partial charge is 0.394 e. The fraction of sp³-hybridized carbons (Fsp3) is 1.00. The molecule has 0 amide bonds. The highest BCUT2D eigenvalue weighted by molar-refractivity contribution is 4.93. The summed E-state index contributed by atoms with van der Waals surface area (Å²) in [7, 11) is 0. The van der Waals surface area contributed by atoms with Gasteiger partial charge in [0.25, 0.3) is 0 Å². The zero-order valence-corrected chi connectivity index (χ0v) is 12.0. The summed E-state index contributed by atoms with van der Waals surface area (Å²) in [4.78, 5) is 0. The first kappa shape index (κ1) is 18.9. The van der Waals surface area contributed by atoms with Crippen molar-refractivity contribution < 1.29 is 55.1 Å². The van der Waals surface area contributed by atoms with E-state index in [1.807, 2.05) is 0 Å². The molecule has 0 aromatic heterocycles. The lowest BCUT2D eigenvalue weighted by atomic mass is 9.97. The van der Waals surface area contributed by atoms with Crippen molar-refractivity contribution in [2.45, 2.75) is 61.4 Å². The minimum absolute atomic E-state index is 0.667. The first-order valence-electron chi connectivity index (χ1n) is 7.08. The number of hydrogen-bond acceptors (Lipinski definition) is 11. The van der Waals surface area contributed by atoms with Crippen LogP contribution in [0.1, 0.15) is 0 Å². The van der Waals surface area contributed by atoms with Crippen molar-refractivity contribution in [1.29, 1.82) is 0 Å². The average Bonchev–Trinajstić information content (AvgIpc) is 2.55. The molecule has 11 nitrogen and oxygen atoms in total. The Labute approximate surface area is 130 Å². The van der Waals surface area contributed by atoms with E-state index in [0.717, 1.165) is 0 Å². The fourth-order valence-corrected chi connectivity index (χ4v) is 2.57. The second kappa shape index (κ2) is 7.63. The van der Waals surface area contributed by atoms with Crippen LogP contribution in [0.4, 0.5) is 0 Å². The molecule has 1 unspecified atom stereocenters. The summed E-state index contributed by atoms with van der Waals surface area (Å²) >= 11 is 0. The zero-order chi connectivity index (χ0) is 17.3. The number of aliphatic hydroxyl groups is 8. The molecular weight excluding hydrogens is 320 g/mol. The molecule has 2 fully saturated rings. The molecule has 136 valence electrons. The van der Waals surface area contributed by atoms with Gasteiger partial charge in [0.1, 0.15) is 48.8 Å². The van der Waals surface area contributed by atoms with Gasteiger partial charge < -0.3 is 55.1 Å². The van der Waals surface area contributed by atoms with Crippen LogP contribution in [0, 0.1) is 0 Å². The van der Waals surface area contributed by atoms with Gasteiger partial charge in [0, 0.05) is 0 Å². The number of hydrogen-bond donors (Lipinski definition) is 8. The standard InChI is InChI=1S/C12H22O11/c13-1-3-5(15)6(16)9(19)12(22-3)23-10-4(2-14)21-11(20)8(18)7(10)17/h3-20H,1-2H2/t3-,4?,5+,6+,7-,8-,9-,10-,11-,12+/m1/s1. The molecule has 2 aliphatic rings. The van der Waals surface area contributed by atoms with Crippen molar-refractivity contribution >= 4 is 0 Å². The molecule has 0 aliphatic carbocycles. The van der Waals surface area contributed by atoms with Crippen molar-refractivity contribution in [1.82, 2.24) is 0 Å². The normalized spacial score (nSPS) is 51.7. The Bertz CT molecular complexity index is 378. The van der Waals surface area contributed by atoms with E-state index in [0.29, 0.717) is 0 Å². The van der Waals surface area contributed by atoms with Crippen molar-refractivity contribution in [3.63, 3.8) is 0 Å². The van der Waals surface area contributed by atoms with Crippen LogP contribution in [0.2, 0.25) is 0 Å². The van der Waals surface area contributed by atoms with E-state index in [4.69, 9.17) is 19.3 Å². The summed E-state index contributed by atoms with van der Waals surface area (Å²) in [6, 6.07) is 0. The van der Waals surface area contributed by atoms with Gasteiger partial charge in [0.15, 0.2) is 12.6 Å². The summed E-state index contributed by atoms with van der Waals surface area (Å²) in [6.07, 6.45) is -15.6. The van der Waals surface area contributed by atoms with Gasteiger partial charge in [-0.15, -0.1) is 0 Å². The predicted molar refractivity (Wildman–Crippen MR) is 68.6 cm³/mol. The van der Waals surface area contributed by atoms with Crippen molar-refractivity contribution in [3.8, 4) is 0 Å². The molecule has 2 rings (SSSR count). The van der Waals surface area contributed by atoms with E-state index in [2.05, 4.69) is 0 Å². The molecular formula is C12H22O11. The Morgan fingerprint density at radius 1 is 0.652 bits per heavy atom. The molecule has 8 N–H and O–H groups in total. The molecule has 2 saturated heterocycles. The van der Waals surface area contributed by atoms with E-state index in [1.54, 1.807) is 0 Å². The van der Waals surface area contributed by atoms with Gasteiger partial charge >= 0.3 is 0 Å². The molecule has 0 aromatic rings. The predicted octanol–water partition coefficient (Wildman–Crippen LogP) is -5.40. The number of ether oxygens (including phenoxy) is 3. The highest BCUT2D eigenvalue weighted by atomic mass is 16.7. The zero-order valence-electron chi connectivity index (χ0n) is 12.0. The Morgan fingerprint density at radius 2 is 1.26 bits per heavy atom. The topological polar surface area (TPSA) is 190 Å². The molecule has 11 heteroatoms. The van der Waals surface area contributed by atoms with Crippen LogP contribution in [-0.4, -0.2) is 115 Å². The lowest BCUT2D eigenvalue weighted by Gasteiger charge is -2.45. The molecule has 0 saturated carbocycles. The highest BCUT2D eigenvalue weighted by Gasteiger charge is 2.50. The monoisotopic (exact) mass is 342 g/mol. The molecule has 0 aromatic carbocycles. The van der Waals surface area contributed by atoms with Crippen LogP contribution in [-0.2, 0) is 14.2 Å². The Kier molecular flexibility index (Phi) is 6.27. The summed E-state index contributed by atoms with van der Waals surface area (Å²) < 4.78 is 15.3. The van der Waals surface area contributed by atoms with E-state index in [1.165, 1.54) is 0 Å². The molecule has 0 spiro atoms. The smallest absolute Gasteiger partial charge is 0.187 e.